The number of rotatable bonds is 7. The number of nitrogens with zero attached hydrogens (tertiary/aromatic N) is 1. The summed E-state index contributed by atoms with van der Waals surface area (Å²) < 4.78 is 4.61. The van der Waals surface area contributed by atoms with Gasteiger partial charge in [0.15, 0.2) is 0 Å². The Morgan fingerprint density at radius 3 is 2.62 bits per heavy atom. The maximum atomic E-state index is 12.1. The molecule has 116 valence electrons. The van der Waals surface area contributed by atoms with Gasteiger partial charge in [-0.1, -0.05) is 19.1 Å². The summed E-state index contributed by atoms with van der Waals surface area (Å²) in [5.74, 6) is -0.334. The molecule has 0 aliphatic rings. The molecule has 1 N–H and O–H groups in total. The van der Waals surface area contributed by atoms with Crippen molar-refractivity contribution < 1.29 is 14.3 Å². The van der Waals surface area contributed by atoms with E-state index < -0.39 is 0 Å². The molecule has 0 bridgehead atoms. The van der Waals surface area contributed by atoms with Crippen LogP contribution in [0.25, 0.3) is 0 Å². The van der Waals surface area contributed by atoms with E-state index in [1.807, 2.05) is 43.9 Å². The Bertz CT molecular complexity index is 500. The number of carbonyl (C=O) groups is 2. The van der Waals surface area contributed by atoms with Crippen molar-refractivity contribution in [3.63, 3.8) is 0 Å². The number of anilines is 1. The number of esters is 1. The fourth-order valence-corrected chi connectivity index (χ4v) is 1.98. The molecule has 0 aliphatic carbocycles. The fraction of sp³-hybridized carbons (Fsp3) is 0.500. The largest absolute Gasteiger partial charge is 0.469 e. The molecule has 0 saturated heterocycles. The van der Waals surface area contributed by atoms with Crippen molar-refractivity contribution in [2.45, 2.75) is 27.2 Å². The highest BCUT2D eigenvalue weighted by atomic mass is 16.5. The number of ether oxygens (including phenoxy) is 1. The molecule has 0 heterocycles. The lowest BCUT2D eigenvalue weighted by molar-refractivity contribution is -0.141. The monoisotopic (exact) mass is 292 g/mol. The first-order valence-corrected chi connectivity index (χ1v) is 7.13. The summed E-state index contributed by atoms with van der Waals surface area (Å²) >= 11 is 0. The van der Waals surface area contributed by atoms with Gasteiger partial charge in [-0.05, 0) is 37.6 Å². The van der Waals surface area contributed by atoms with Gasteiger partial charge in [-0.15, -0.1) is 0 Å². The van der Waals surface area contributed by atoms with Crippen molar-refractivity contribution in [2.75, 3.05) is 32.1 Å². The van der Waals surface area contributed by atoms with Gasteiger partial charge in [0.25, 0.3) is 0 Å². The third-order valence-corrected chi connectivity index (χ3v) is 3.55. The first-order valence-electron chi connectivity index (χ1n) is 7.13. The molecule has 0 saturated carbocycles. The molecule has 1 aromatic rings. The Morgan fingerprint density at radius 1 is 1.29 bits per heavy atom. The number of likely N-dealkylation sites (N-methyl/N-ethyl adjacent to an activating group) is 1. The summed E-state index contributed by atoms with van der Waals surface area (Å²) in [6, 6.07) is 5.83. The SMILES string of the molecule is CCN(CCC(=O)OC)CC(=O)Nc1cccc(C)c1C. The minimum Gasteiger partial charge on any atom is -0.469 e. The molecule has 21 heavy (non-hydrogen) atoms. The predicted molar refractivity (Wildman–Crippen MR) is 83.3 cm³/mol. The van der Waals surface area contributed by atoms with Crippen LogP contribution in [-0.2, 0) is 14.3 Å². The average Bonchev–Trinajstić information content (AvgIpc) is 2.47. The topological polar surface area (TPSA) is 58.6 Å². The molecule has 0 spiro atoms. The molecule has 1 aromatic carbocycles. The second-order valence-corrected chi connectivity index (χ2v) is 4.99. The lowest BCUT2D eigenvalue weighted by atomic mass is 10.1. The number of aryl methyl sites for hydroxylation is 1. The molecule has 0 radical (unpaired) electrons. The first kappa shape index (κ1) is 17.2. The highest BCUT2D eigenvalue weighted by Gasteiger charge is 2.12. The Morgan fingerprint density at radius 2 is 2.00 bits per heavy atom. The van der Waals surface area contributed by atoms with E-state index in [0.29, 0.717) is 19.5 Å². The average molecular weight is 292 g/mol. The fourth-order valence-electron chi connectivity index (χ4n) is 1.98. The van der Waals surface area contributed by atoms with Crippen molar-refractivity contribution >= 4 is 17.6 Å². The van der Waals surface area contributed by atoms with Crippen LogP contribution in [0.2, 0.25) is 0 Å². The standard InChI is InChI=1S/C16H24N2O3/c1-5-18(10-9-16(20)21-4)11-15(19)17-14-8-6-7-12(2)13(14)3/h6-8H,5,9-11H2,1-4H3,(H,17,19). The van der Waals surface area contributed by atoms with E-state index in [4.69, 9.17) is 0 Å². The summed E-state index contributed by atoms with van der Waals surface area (Å²) in [5, 5.41) is 2.92. The zero-order chi connectivity index (χ0) is 15.8. The van der Waals surface area contributed by atoms with Crippen molar-refractivity contribution in [1.29, 1.82) is 0 Å². The van der Waals surface area contributed by atoms with Gasteiger partial charge in [0.2, 0.25) is 5.91 Å². The van der Waals surface area contributed by atoms with E-state index in [0.717, 1.165) is 16.8 Å². The van der Waals surface area contributed by atoms with Gasteiger partial charge in [0.05, 0.1) is 20.1 Å². The van der Waals surface area contributed by atoms with E-state index in [1.54, 1.807) is 0 Å². The van der Waals surface area contributed by atoms with Crippen molar-refractivity contribution in [2.24, 2.45) is 0 Å². The number of nitrogens with one attached hydrogen (secondary N) is 1. The van der Waals surface area contributed by atoms with Crippen molar-refractivity contribution in [3.8, 4) is 0 Å². The summed E-state index contributed by atoms with van der Waals surface area (Å²) in [7, 11) is 1.37. The molecular formula is C16H24N2O3. The summed E-state index contributed by atoms with van der Waals surface area (Å²) in [4.78, 5) is 25.1. The second kappa shape index (κ2) is 8.42. The van der Waals surface area contributed by atoms with Crippen LogP contribution >= 0.6 is 0 Å². The van der Waals surface area contributed by atoms with Gasteiger partial charge in [-0.3, -0.25) is 14.5 Å². The molecule has 0 atom stereocenters. The van der Waals surface area contributed by atoms with Crippen LogP contribution in [-0.4, -0.2) is 43.5 Å². The first-order chi connectivity index (χ1) is 9.97. The third-order valence-electron chi connectivity index (χ3n) is 3.55. The molecule has 1 amide bonds. The Hall–Kier alpha value is -1.88. The molecule has 0 fully saturated rings. The van der Waals surface area contributed by atoms with E-state index in [9.17, 15) is 9.59 Å². The number of hydrogen-bond acceptors (Lipinski definition) is 4. The molecule has 5 heteroatoms. The van der Waals surface area contributed by atoms with Crippen LogP contribution in [0.4, 0.5) is 5.69 Å². The van der Waals surface area contributed by atoms with Gasteiger partial charge in [0.1, 0.15) is 0 Å². The Labute approximate surface area is 126 Å². The summed E-state index contributed by atoms with van der Waals surface area (Å²) in [5.41, 5.74) is 3.05. The molecule has 1 rings (SSSR count). The molecular weight excluding hydrogens is 268 g/mol. The van der Waals surface area contributed by atoms with E-state index in [1.165, 1.54) is 7.11 Å². The van der Waals surface area contributed by atoms with Crippen LogP contribution in [0, 0.1) is 13.8 Å². The maximum absolute atomic E-state index is 12.1. The van der Waals surface area contributed by atoms with Gasteiger partial charge in [-0.2, -0.15) is 0 Å². The quantitative estimate of drug-likeness (QED) is 0.782. The second-order valence-electron chi connectivity index (χ2n) is 4.99. The van der Waals surface area contributed by atoms with E-state index in [2.05, 4.69) is 10.1 Å². The predicted octanol–water partition coefficient (Wildman–Crippen LogP) is 2.13. The number of benzene rings is 1. The lowest BCUT2D eigenvalue weighted by Crippen LogP contribution is -2.34. The number of amides is 1. The lowest BCUT2D eigenvalue weighted by Gasteiger charge is -2.19. The third kappa shape index (κ3) is 5.55. The maximum Gasteiger partial charge on any atom is 0.306 e. The van der Waals surface area contributed by atoms with Gasteiger partial charge in [0, 0.05) is 12.2 Å². The molecule has 0 aromatic heterocycles. The van der Waals surface area contributed by atoms with Crippen LogP contribution in [0.15, 0.2) is 18.2 Å². The van der Waals surface area contributed by atoms with Gasteiger partial charge in [-0.25, -0.2) is 0 Å². The zero-order valence-corrected chi connectivity index (χ0v) is 13.2. The van der Waals surface area contributed by atoms with E-state index >= 15 is 0 Å². The Kier molecular flexibility index (Phi) is 6.88. The highest BCUT2D eigenvalue weighted by Crippen LogP contribution is 2.17. The van der Waals surface area contributed by atoms with Crippen molar-refractivity contribution in [3.05, 3.63) is 29.3 Å². The number of carbonyl (C=O) groups excluding carboxylic acids is 2. The number of hydrogen-bond donors (Lipinski definition) is 1. The van der Waals surface area contributed by atoms with E-state index in [-0.39, 0.29) is 18.4 Å². The summed E-state index contributed by atoms with van der Waals surface area (Å²) in [6.07, 6.45) is 0.293. The smallest absolute Gasteiger partial charge is 0.306 e. The van der Waals surface area contributed by atoms with Crippen LogP contribution < -0.4 is 5.32 Å². The minimum atomic E-state index is -0.261. The summed E-state index contributed by atoms with van der Waals surface area (Å²) in [6.45, 7) is 7.45. The van der Waals surface area contributed by atoms with Crippen LogP contribution in [0.5, 0.6) is 0 Å². The van der Waals surface area contributed by atoms with Gasteiger partial charge >= 0.3 is 5.97 Å². The van der Waals surface area contributed by atoms with Crippen molar-refractivity contribution in [1.82, 2.24) is 4.90 Å². The normalized spacial score (nSPS) is 10.5. The molecule has 0 unspecified atom stereocenters. The highest BCUT2D eigenvalue weighted by molar-refractivity contribution is 5.93. The van der Waals surface area contributed by atoms with Gasteiger partial charge < -0.3 is 10.1 Å². The number of methoxy groups -OCH3 is 1. The molecule has 0 aliphatic heterocycles. The zero-order valence-electron chi connectivity index (χ0n) is 13.2. The Balaban J connectivity index is 2.54. The minimum absolute atomic E-state index is 0.0737. The van der Waals surface area contributed by atoms with Crippen LogP contribution in [0.3, 0.4) is 0 Å². The van der Waals surface area contributed by atoms with Crippen LogP contribution in [0.1, 0.15) is 24.5 Å². The molecule has 5 nitrogen and oxygen atoms in total.